The summed E-state index contributed by atoms with van der Waals surface area (Å²) in [6.45, 7) is 0.00296. The fraction of sp³-hybridized carbons (Fsp3) is 0.250. The Labute approximate surface area is 145 Å². The van der Waals surface area contributed by atoms with Crippen molar-refractivity contribution in [1.82, 2.24) is 4.72 Å². The van der Waals surface area contributed by atoms with Crippen LogP contribution in [0.15, 0.2) is 53.4 Å². The number of rotatable bonds is 8. The molecule has 8 nitrogen and oxygen atoms in total. The first-order valence-electron chi connectivity index (χ1n) is 7.28. The highest BCUT2D eigenvalue weighted by Crippen LogP contribution is 2.22. The lowest BCUT2D eigenvalue weighted by atomic mass is 10.1. The standard InChI is InChI=1S/C16H18N2O6S/c1-23-14-5-3-4-12(10-14)16(24-2)11-17-25(21,22)15-8-6-13(7-9-15)18(19)20/h3-10,16-17H,11H2,1-2H3. The van der Waals surface area contributed by atoms with Crippen LogP contribution in [-0.4, -0.2) is 34.1 Å². The molecule has 0 aliphatic heterocycles. The Morgan fingerprint density at radius 3 is 2.40 bits per heavy atom. The van der Waals surface area contributed by atoms with Gasteiger partial charge in [-0.25, -0.2) is 13.1 Å². The van der Waals surface area contributed by atoms with Crippen LogP contribution < -0.4 is 9.46 Å². The van der Waals surface area contributed by atoms with E-state index in [-0.39, 0.29) is 17.1 Å². The van der Waals surface area contributed by atoms with Gasteiger partial charge < -0.3 is 9.47 Å². The van der Waals surface area contributed by atoms with Crippen molar-refractivity contribution >= 4 is 15.7 Å². The van der Waals surface area contributed by atoms with Gasteiger partial charge >= 0.3 is 0 Å². The van der Waals surface area contributed by atoms with Crippen molar-refractivity contribution < 1.29 is 22.8 Å². The molecule has 0 heterocycles. The van der Waals surface area contributed by atoms with Crippen molar-refractivity contribution in [2.45, 2.75) is 11.0 Å². The minimum absolute atomic E-state index is 0.00296. The number of nitro groups is 1. The third-order valence-electron chi connectivity index (χ3n) is 3.57. The Morgan fingerprint density at radius 1 is 1.16 bits per heavy atom. The molecular formula is C16H18N2O6S. The number of hydrogen-bond donors (Lipinski definition) is 1. The number of hydrogen-bond acceptors (Lipinski definition) is 6. The van der Waals surface area contributed by atoms with Gasteiger partial charge in [0.05, 0.1) is 23.0 Å². The fourth-order valence-corrected chi connectivity index (χ4v) is 3.23. The van der Waals surface area contributed by atoms with E-state index >= 15 is 0 Å². The maximum Gasteiger partial charge on any atom is 0.269 e. The number of nitro benzene ring substituents is 1. The normalized spacial score (nSPS) is 12.6. The predicted octanol–water partition coefficient (Wildman–Crippen LogP) is 2.27. The Morgan fingerprint density at radius 2 is 1.84 bits per heavy atom. The Kier molecular flexibility index (Phi) is 6.07. The highest BCUT2D eigenvalue weighted by Gasteiger charge is 2.19. The lowest BCUT2D eigenvalue weighted by Gasteiger charge is -2.17. The van der Waals surface area contributed by atoms with Gasteiger partial charge in [0.1, 0.15) is 5.75 Å². The van der Waals surface area contributed by atoms with Gasteiger partial charge in [-0.15, -0.1) is 0 Å². The van der Waals surface area contributed by atoms with Gasteiger partial charge in [0, 0.05) is 25.8 Å². The lowest BCUT2D eigenvalue weighted by Crippen LogP contribution is -2.29. The van der Waals surface area contributed by atoms with Crippen LogP contribution in [0.5, 0.6) is 5.75 Å². The molecule has 1 unspecified atom stereocenters. The summed E-state index contributed by atoms with van der Waals surface area (Å²) in [5, 5.41) is 10.6. The van der Waals surface area contributed by atoms with Crippen LogP contribution >= 0.6 is 0 Å². The molecule has 2 rings (SSSR count). The zero-order valence-electron chi connectivity index (χ0n) is 13.7. The predicted molar refractivity (Wildman–Crippen MR) is 91.0 cm³/mol. The van der Waals surface area contributed by atoms with Crippen LogP contribution in [0.3, 0.4) is 0 Å². The monoisotopic (exact) mass is 366 g/mol. The molecular weight excluding hydrogens is 348 g/mol. The largest absolute Gasteiger partial charge is 0.497 e. The number of nitrogens with one attached hydrogen (secondary N) is 1. The summed E-state index contributed by atoms with van der Waals surface area (Å²) in [4.78, 5) is 9.99. The number of benzene rings is 2. The fourth-order valence-electron chi connectivity index (χ4n) is 2.19. The minimum atomic E-state index is -3.82. The highest BCUT2D eigenvalue weighted by molar-refractivity contribution is 7.89. The Balaban J connectivity index is 2.12. The highest BCUT2D eigenvalue weighted by atomic mass is 32.2. The molecule has 2 aromatic carbocycles. The second kappa shape index (κ2) is 8.06. The second-order valence-electron chi connectivity index (χ2n) is 5.10. The van der Waals surface area contributed by atoms with Crippen molar-refractivity contribution in [3.63, 3.8) is 0 Å². The van der Waals surface area contributed by atoms with E-state index in [1.807, 2.05) is 0 Å². The molecule has 25 heavy (non-hydrogen) atoms. The summed E-state index contributed by atoms with van der Waals surface area (Å²) in [5.41, 5.74) is 0.582. The van der Waals surface area contributed by atoms with Crippen LogP contribution in [0.25, 0.3) is 0 Å². The first-order chi connectivity index (χ1) is 11.9. The minimum Gasteiger partial charge on any atom is -0.497 e. The summed E-state index contributed by atoms with van der Waals surface area (Å²) < 4.78 is 37.6. The third kappa shape index (κ3) is 4.75. The molecule has 2 aromatic rings. The van der Waals surface area contributed by atoms with E-state index in [0.717, 1.165) is 17.7 Å². The molecule has 0 radical (unpaired) electrons. The maximum atomic E-state index is 12.3. The van der Waals surface area contributed by atoms with Crippen LogP contribution in [0.1, 0.15) is 11.7 Å². The maximum absolute atomic E-state index is 12.3. The average molecular weight is 366 g/mol. The second-order valence-corrected chi connectivity index (χ2v) is 6.87. The smallest absolute Gasteiger partial charge is 0.269 e. The molecule has 1 N–H and O–H groups in total. The Bertz CT molecular complexity index is 836. The van der Waals surface area contributed by atoms with Gasteiger partial charge in [-0.3, -0.25) is 10.1 Å². The van der Waals surface area contributed by atoms with E-state index in [2.05, 4.69) is 4.72 Å². The number of non-ortho nitro benzene ring substituents is 1. The molecule has 0 aromatic heterocycles. The number of methoxy groups -OCH3 is 2. The molecule has 0 fully saturated rings. The molecule has 0 bridgehead atoms. The van der Waals surface area contributed by atoms with Gasteiger partial charge in [0.2, 0.25) is 10.0 Å². The summed E-state index contributed by atoms with van der Waals surface area (Å²) in [7, 11) is -0.799. The summed E-state index contributed by atoms with van der Waals surface area (Å²) in [6, 6.07) is 11.8. The van der Waals surface area contributed by atoms with Crippen LogP contribution in [0.2, 0.25) is 0 Å². The number of sulfonamides is 1. The SMILES string of the molecule is COc1cccc(C(CNS(=O)(=O)c2ccc([N+](=O)[O-])cc2)OC)c1. The van der Waals surface area contributed by atoms with Crippen LogP contribution in [0.4, 0.5) is 5.69 Å². The van der Waals surface area contributed by atoms with Gasteiger partial charge in [-0.1, -0.05) is 12.1 Å². The molecule has 0 spiro atoms. The molecule has 0 saturated heterocycles. The molecule has 0 aliphatic carbocycles. The van der Waals surface area contributed by atoms with E-state index in [0.29, 0.717) is 5.75 Å². The molecule has 134 valence electrons. The molecule has 0 aliphatic rings. The van der Waals surface area contributed by atoms with Crippen molar-refractivity contribution in [3.8, 4) is 5.75 Å². The first-order valence-corrected chi connectivity index (χ1v) is 8.76. The summed E-state index contributed by atoms with van der Waals surface area (Å²) >= 11 is 0. The Hall–Kier alpha value is -2.49. The average Bonchev–Trinajstić information content (AvgIpc) is 2.62. The van der Waals surface area contributed by atoms with E-state index in [1.165, 1.54) is 26.4 Å². The van der Waals surface area contributed by atoms with Gasteiger partial charge in [0.25, 0.3) is 5.69 Å². The van der Waals surface area contributed by atoms with Gasteiger partial charge in [-0.05, 0) is 29.8 Å². The zero-order chi connectivity index (χ0) is 18.4. The van der Waals surface area contributed by atoms with Crippen molar-refractivity contribution in [3.05, 3.63) is 64.2 Å². The molecule has 0 saturated carbocycles. The topological polar surface area (TPSA) is 108 Å². The molecule has 1 atom stereocenters. The van der Waals surface area contributed by atoms with Crippen molar-refractivity contribution in [2.24, 2.45) is 0 Å². The van der Waals surface area contributed by atoms with Crippen molar-refractivity contribution in [2.75, 3.05) is 20.8 Å². The summed E-state index contributed by atoms with van der Waals surface area (Å²) in [6.07, 6.45) is -0.511. The van der Waals surface area contributed by atoms with Crippen molar-refractivity contribution in [1.29, 1.82) is 0 Å². The van der Waals surface area contributed by atoms with Gasteiger partial charge in [-0.2, -0.15) is 0 Å². The van der Waals surface area contributed by atoms with Gasteiger partial charge in [0.15, 0.2) is 0 Å². The molecule has 0 amide bonds. The first kappa shape index (κ1) is 18.8. The quantitative estimate of drug-likeness (QED) is 0.567. The van der Waals surface area contributed by atoms with E-state index in [9.17, 15) is 18.5 Å². The number of nitrogens with zero attached hydrogens (tertiary/aromatic N) is 1. The summed E-state index contributed by atoms with van der Waals surface area (Å²) in [5.74, 6) is 0.637. The molecule has 9 heteroatoms. The third-order valence-corrected chi connectivity index (χ3v) is 5.01. The van der Waals surface area contributed by atoms with E-state index in [1.54, 1.807) is 24.3 Å². The zero-order valence-corrected chi connectivity index (χ0v) is 14.5. The lowest BCUT2D eigenvalue weighted by molar-refractivity contribution is -0.384. The number of ether oxygens (including phenoxy) is 2. The van der Waals surface area contributed by atoms with E-state index in [4.69, 9.17) is 9.47 Å². The van der Waals surface area contributed by atoms with E-state index < -0.39 is 21.1 Å². The van der Waals surface area contributed by atoms with Crippen LogP contribution in [0, 0.1) is 10.1 Å². The van der Waals surface area contributed by atoms with Crippen LogP contribution in [-0.2, 0) is 14.8 Å².